The minimum absolute atomic E-state index is 0.0326. The Morgan fingerprint density at radius 3 is 2.07 bits per heavy atom. The lowest BCUT2D eigenvalue weighted by atomic mass is 10.7. The van der Waals surface area contributed by atoms with Gasteiger partial charge in [0.15, 0.2) is 0 Å². The van der Waals surface area contributed by atoms with Crippen LogP contribution in [0.25, 0.3) is 0 Å². The number of hydrogen-bond donors (Lipinski definition) is 2. The predicted octanol–water partition coefficient (Wildman–Crippen LogP) is -0.258. The largest absolute Gasteiger partial charge is 0.394 e. The number of hydrogen-bond acceptors (Lipinski definition) is 5. The van der Waals surface area contributed by atoms with Crippen molar-refractivity contribution >= 4 is 15.9 Å². The molecule has 14 heavy (non-hydrogen) atoms. The van der Waals surface area contributed by atoms with Gasteiger partial charge in [-0.2, -0.15) is 0 Å². The summed E-state index contributed by atoms with van der Waals surface area (Å²) < 4.78 is 15.2. The molecule has 0 heterocycles. The number of rotatable bonds is 10. The van der Waals surface area contributed by atoms with Gasteiger partial charge in [0.2, 0.25) is 0 Å². The van der Waals surface area contributed by atoms with Gasteiger partial charge in [-0.25, -0.2) is 0 Å². The topological polar surface area (TPSA) is 68.2 Å². The summed E-state index contributed by atoms with van der Waals surface area (Å²) in [6, 6.07) is 0. The van der Waals surface area contributed by atoms with Crippen LogP contribution in [0.3, 0.4) is 0 Å². The van der Waals surface area contributed by atoms with E-state index in [0.717, 1.165) is 0 Å². The van der Waals surface area contributed by atoms with Gasteiger partial charge in [0, 0.05) is 0 Å². The lowest BCUT2D eigenvalue weighted by molar-refractivity contribution is -0.00351. The maximum atomic E-state index is 8.58. The van der Waals surface area contributed by atoms with Crippen molar-refractivity contribution in [1.82, 2.24) is 0 Å². The third-order valence-electron chi connectivity index (χ3n) is 1.28. The first-order valence-electron chi connectivity index (χ1n) is 4.44. The molecule has 0 aromatic rings. The van der Waals surface area contributed by atoms with Crippen molar-refractivity contribution in [2.24, 2.45) is 0 Å². The fraction of sp³-hybridized carbons (Fsp3) is 1.00. The Balaban J connectivity index is 2.92. The lowest BCUT2D eigenvalue weighted by Gasteiger charge is -2.08. The number of aliphatic hydroxyl groups is 2. The molecule has 0 radical (unpaired) electrons. The maximum absolute atomic E-state index is 8.58. The first-order chi connectivity index (χ1) is 6.81. The van der Waals surface area contributed by atoms with Crippen LogP contribution in [0.1, 0.15) is 0 Å². The highest BCUT2D eigenvalue weighted by atomic mass is 79.9. The summed E-state index contributed by atoms with van der Waals surface area (Å²) in [5.41, 5.74) is 0. The summed E-state index contributed by atoms with van der Waals surface area (Å²) in [5.74, 6) is 0. The molecule has 0 aliphatic carbocycles. The van der Waals surface area contributed by atoms with E-state index in [1.165, 1.54) is 0 Å². The number of aliphatic hydroxyl groups excluding tert-OH is 2. The third-order valence-corrected chi connectivity index (χ3v) is 1.83. The lowest BCUT2D eigenvalue weighted by Crippen LogP contribution is -2.15. The highest BCUT2D eigenvalue weighted by molar-refractivity contribution is 9.09. The van der Waals surface area contributed by atoms with E-state index in [4.69, 9.17) is 24.4 Å². The van der Waals surface area contributed by atoms with E-state index in [0.29, 0.717) is 33.0 Å². The minimum Gasteiger partial charge on any atom is -0.394 e. The second-order valence-corrected chi connectivity index (χ2v) is 3.43. The summed E-state index contributed by atoms with van der Waals surface area (Å²) >= 11 is 3.10. The average molecular weight is 273 g/mol. The zero-order valence-electron chi connectivity index (χ0n) is 8.02. The van der Waals surface area contributed by atoms with E-state index < -0.39 is 0 Å². The van der Waals surface area contributed by atoms with Gasteiger partial charge in [0.05, 0.1) is 46.2 Å². The quantitative estimate of drug-likeness (QED) is 0.424. The Hall–Kier alpha value is 0.280. The molecule has 5 nitrogen and oxygen atoms in total. The van der Waals surface area contributed by atoms with E-state index >= 15 is 0 Å². The zero-order chi connectivity index (χ0) is 10.6. The molecule has 0 amide bonds. The minimum atomic E-state index is -0.322. The molecule has 0 spiro atoms. The molecule has 0 saturated carbocycles. The van der Waals surface area contributed by atoms with Crippen LogP contribution in [0.2, 0.25) is 0 Å². The van der Waals surface area contributed by atoms with Crippen LogP contribution in [0.5, 0.6) is 0 Å². The maximum Gasteiger partial charge on any atom is 0.135 e. The van der Waals surface area contributed by atoms with Crippen LogP contribution in [-0.4, -0.2) is 61.5 Å². The zero-order valence-corrected chi connectivity index (χ0v) is 9.61. The predicted molar refractivity (Wildman–Crippen MR) is 54.5 cm³/mol. The smallest absolute Gasteiger partial charge is 0.135 e. The van der Waals surface area contributed by atoms with E-state index in [2.05, 4.69) is 15.9 Å². The number of alkyl halides is 1. The molecule has 0 aliphatic rings. The average Bonchev–Trinajstić information content (AvgIpc) is 2.21. The molecule has 0 aliphatic heterocycles. The van der Waals surface area contributed by atoms with Crippen molar-refractivity contribution in [1.29, 1.82) is 0 Å². The molecule has 0 aromatic heterocycles. The van der Waals surface area contributed by atoms with Gasteiger partial charge < -0.3 is 24.4 Å². The molecule has 6 heteroatoms. The SMILES string of the molecule is OCCOCCOCCOC(Br)CO. The second kappa shape index (κ2) is 11.4. The van der Waals surface area contributed by atoms with Crippen LogP contribution in [0, 0.1) is 0 Å². The monoisotopic (exact) mass is 272 g/mol. The van der Waals surface area contributed by atoms with E-state index in [9.17, 15) is 0 Å². The molecule has 0 bridgehead atoms. The highest BCUT2D eigenvalue weighted by Gasteiger charge is 1.99. The Labute approximate surface area is 92.1 Å². The Morgan fingerprint density at radius 1 is 0.929 bits per heavy atom. The molecule has 86 valence electrons. The molecule has 1 unspecified atom stereocenters. The van der Waals surface area contributed by atoms with Crippen LogP contribution in [-0.2, 0) is 14.2 Å². The first-order valence-corrected chi connectivity index (χ1v) is 5.35. The van der Waals surface area contributed by atoms with Crippen molar-refractivity contribution in [3.63, 3.8) is 0 Å². The van der Waals surface area contributed by atoms with E-state index in [1.54, 1.807) is 0 Å². The van der Waals surface area contributed by atoms with Crippen molar-refractivity contribution < 1.29 is 24.4 Å². The Bertz CT molecular complexity index is 114. The van der Waals surface area contributed by atoms with Crippen molar-refractivity contribution in [3.05, 3.63) is 0 Å². The highest BCUT2D eigenvalue weighted by Crippen LogP contribution is 1.98. The van der Waals surface area contributed by atoms with Crippen LogP contribution in [0.4, 0.5) is 0 Å². The number of halogens is 1. The van der Waals surface area contributed by atoms with Crippen LogP contribution >= 0.6 is 15.9 Å². The molecule has 2 N–H and O–H groups in total. The fourth-order valence-electron chi connectivity index (χ4n) is 0.674. The standard InChI is InChI=1S/C8H17BrO5/c9-8(7-11)14-6-5-13-4-3-12-2-1-10/h8,10-11H,1-7H2. The molecule has 0 saturated heterocycles. The molecule has 1 atom stereocenters. The fourth-order valence-corrected chi connectivity index (χ4v) is 0.861. The summed E-state index contributed by atoms with van der Waals surface area (Å²) in [6.07, 6.45) is 0. The van der Waals surface area contributed by atoms with Crippen molar-refractivity contribution in [2.45, 2.75) is 5.01 Å². The van der Waals surface area contributed by atoms with Gasteiger partial charge in [-0.05, 0) is 0 Å². The van der Waals surface area contributed by atoms with Crippen LogP contribution in [0.15, 0.2) is 0 Å². The van der Waals surface area contributed by atoms with Crippen LogP contribution < -0.4 is 0 Å². The van der Waals surface area contributed by atoms with E-state index in [-0.39, 0.29) is 18.2 Å². The molecule has 0 rings (SSSR count). The third kappa shape index (κ3) is 10.4. The summed E-state index contributed by atoms with van der Waals surface area (Å²) in [4.78, 5) is 0. The van der Waals surface area contributed by atoms with Gasteiger partial charge >= 0.3 is 0 Å². The van der Waals surface area contributed by atoms with Crippen molar-refractivity contribution in [2.75, 3.05) is 46.2 Å². The van der Waals surface area contributed by atoms with Gasteiger partial charge in [-0.15, -0.1) is 0 Å². The molecule has 0 aromatic carbocycles. The Morgan fingerprint density at radius 2 is 1.50 bits per heavy atom. The molecular formula is C8H17BrO5. The van der Waals surface area contributed by atoms with Gasteiger partial charge in [-0.3, -0.25) is 0 Å². The first kappa shape index (κ1) is 14.3. The van der Waals surface area contributed by atoms with Gasteiger partial charge in [0.1, 0.15) is 5.01 Å². The molecule has 0 fully saturated rings. The summed E-state index contributed by atoms with van der Waals surface area (Å²) in [7, 11) is 0. The Kier molecular flexibility index (Phi) is 11.6. The summed E-state index contributed by atoms with van der Waals surface area (Å²) in [6.45, 7) is 2.16. The normalized spacial score (nSPS) is 13.1. The van der Waals surface area contributed by atoms with Crippen molar-refractivity contribution in [3.8, 4) is 0 Å². The second-order valence-electron chi connectivity index (χ2n) is 2.41. The van der Waals surface area contributed by atoms with E-state index in [1.807, 2.05) is 0 Å². The number of ether oxygens (including phenoxy) is 3. The van der Waals surface area contributed by atoms with Gasteiger partial charge in [-0.1, -0.05) is 15.9 Å². The summed E-state index contributed by atoms with van der Waals surface area (Å²) in [5, 5.41) is 16.6. The molecular weight excluding hydrogens is 256 g/mol. The van der Waals surface area contributed by atoms with Gasteiger partial charge in [0.25, 0.3) is 0 Å².